The van der Waals surface area contributed by atoms with E-state index in [1.165, 1.54) is 0 Å². The molecule has 1 atom stereocenters. The second-order valence-electron chi connectivity index (χ2n) is 5.44. The Labute approximate surface area is 121 Å². The van der Waals surface area contributed by atoms with Crippen molar-refractivity contribution in [3.63, 3.8) is 0 Å². The van der Waals surface area contributed by atoms with Crippen molar-refractivity contribution in [1.82, 2.24) is 20.3 Å². The summed E-state index contributed by atoms with van der Waals surface area (Å²) in [4.78, 5) is 13.4. The summed E-state index contributed by atoms with van der Waals surface area (Å²) in [6.07, 6.45) is 3.70. The summed E-state index contributed by atoms with van der Waals surface area (Å²) in [7, 11) is 0. The fourth-order valence-corrected chi connectivity index (χ4v) is 3.14. The van der Waals surface area contributed by atoms with Gasteiger partial charge in [-0.3, -0.25) is 10.00 Å². The molecule has 1 fully saturated rings. The highest BCUT2D eigenvalue weighted by molar-refractivity contribution is 5.86. The first-order valence-electron chi connectivity index (χ1n) is 7.00. The number of carboxylic acid groups (broad SMARTS) is 1. The minimum Gasteiger partial charge on any atom is -0.477 e. The first kappa shape index (κ1) is 13.8. The Balaban J connectivity index is 1.85. The number of aryl methyl sites for hydroxylation is 2. The number of H-pyrrole nitrogens is 1. The average Bonchev–Trinajstić information content (AvgIpc) is 3.12. The Morgan fingerprint density at radius 2 is 2.38 bits per heavy atom. The number of carboxylic acids is 1. The second kappa shape index (κ2) is 5.33. The van der Waals surface area contributed by atoms with Crippen LogP contribution in [0.4, 0.5) is 0 Å². The Hall–Kier alpha value is -2.15. The first-order chi connectivity index (χ1) is 10.1. The van der Waals surface area contributed by atoms with Crippen molar-refractivity contribution in [3.8, 4) is 0 Å². The number of carbonyl (C=O) groups is 1. The Morgan fingerprint density at radius 1 is 1.57 bits per heavy atom. The van der Waals surface area contributed by atoms with Gasteiger partial charge in [0.15, 0.2) is 0 Å². The van der Waals surface area contributed by atoms with E-state index in [0.29, 0.717) is 12.1 Å². The zero-order valence-electron chi connectivity index (χ0n) is 12.1. The summed E-state index contributed by atoms with van der Waals surface area (Å²) in [5.41, 5.74) is 2.92. The molecule has 2 aromatic rings. The molecule has 0 amide bonds. The Morgan fingerprint density at radius 3 is 3.05 bits per heavy atom. The summed E-state index contributed by atoms with van der Waals surface area (Å²) in [6.45, 7) is 5.36. The third-order valence-electron chi connectivity index (χ3n) is 4.09. The van der Waals surface area contributed by atoms with Gasteiger partial charge in [-0.25, -0.2) is 4.79 Å². The molecule has 0 aliphatic carbocycles. The minimum absolute atomic E-state index is 0.166. The fourth-order valence-electron chi connectivity index (χ4n) is 3.14. The van der Waals surface area contributed by atoms with E-state index in [4.69, 9.17) is 9.63 Å². The molecule has 0 aromatic carbocycles. The molecular formula is C14H18N4O3. The van der Waals surface area contributed by atoms with E-state index in [0.717, 1.165) is 36.4 Å². The molecule has 7 heteroatoms. The number of hydrogen-bond donors (Lipinski definition) is 2. The fraction of sp³-hybridized carbons (Fsp3) is 0.500. The van der Waals surface area contributed by atoms with Gasteiger partial charge in [-0.15, -0.1) is 0 Å². The van der Waals surface area contributed by atoms with Crippen molar-refractivity contribution in [2.75, 3.05) is 6.54 Å². The molecule has 1 saturated heterocycles. The van der Waals surface area contributed by atoms with Crippen molar-refractivity contribution >= 4 is 5.97 Å². The van der Waals surface area contributed by atoms with Crippen LogP contribution in [0.1, 0.15) is 52.0 Å². The number of likely N-dealkylation sites (tertiary alicyclic amines) is 1. The van der Waals surface area contributed by atoms with Crippen LogP contribution in [0.2, 0.25) is 0 Å². The van der Waals surface area contributed by atoms with Gasteiger partial charge >= 0.3 is 5.97 Å². The maximum atomic E-state index is 11.2. The third kappa shape index (κ3) is 2.44. The lowest BCUT2D eigenvalue weighted by Gasteiger charge is -2.24. The largest absolute Gasteiger partial charge is 0.477 e. The molecule has 2 aromatic heterocycles. The van der Waals surface area contributed by atoms with E-state index in [1.807, 2.05) is 13.8 Å². The molecule has 0 radical (unpaired) electrons. The maximum Gasteiger partial charge on any atom is 0.354 e. The number of nitrogens with zero attached hydrogens (tertiary/aromatic N) is 3. The van der Waals surface area contributed by atoms with Crippen LogP contribution in [0.25, 0.3) is 0 Å². The van der Waals surface area contributed by atoms with Crippen LogP contribution in [0.3, 0.4) is 0 Å². The number of aromatic amines is 1. The number of hydrogen-bond acceptors (Lipinski definition) is 5. The van der Waals surface area contributed by atoms with Gasteiger partial charge < -0.3 is 9.63 Å². The van der Waals surface area contributed by atoms with Crippen LogP contribution in [0, 0.1) is 13.8 Å². The first-order valence-corrected chi connectivity index (χ1v) is 7.00. The number of nitrogens with one attached hydrogen (secondary N) is 1. The van der Waals surface area contributed by atoms with Crippen molar-refractivity contribution in [2.45, 2.75) is 39.3 Å². The molecule has 2 N–H and O–H groups in total. The van der Waals surface area contributed by atoms with Gasteiger partial charge in [0.1, 0.15) is 11.5 Å². The highest BCUT2D eigenvalue weighted by Crippen LogP contribution is 2.36. The molecular weight excluding hydrogens is 272 g/mol. The maximum absolute atomic E-state index is 11.2. The minimum atomic E-state index is -0.976. The lowest BCUT2D eigenvalue weighted by molar-refractivity contribution is 0.0687. The number of rotatable bonds is 4. The molecule has 21 heavy (non-hydrogen) atoms. The predicted octanol–water partition coefficient (Wildman–Crippen LogP) is 2.05. The van der Waals surface area contributed by atoms with E-state index in [-0.39, 0.29) is 11.7 Å². The van der Waals surface area contributed by atoms with E-state index < -0.39 is 5.97 Å². The second-order valence-corrected chi connectivity index (χ2v) is 5.44. The van der Waals surface area contributed by atoms with Gasteiger partial charge in [0.2, 0.25) is 0 Å². The molecule has 0 spiro atoms. The molecule has 7 nitrogen and oxygen atoms in total. The molecule has 1 aliphatic rings. The molecule has 0 bridgehead atoms. The van der Waals surface area contributed by atoms with Crippen LogP contribution in [-0.2, 0) is 6.54 Å². The highest BCUT2D eigenvalue weighted by atomic mass is 16.5. The highest BCUT2D eigenvalue weighted by Gasteiger charge is 2.31. The number of aromatic carboxylic acids is 1. The van der Waals surface area contributed by atoms with Gasteiger partial charge in [-0.1, -0.05) is 5.16 Å². The normalized spacial score (nSPS) is 19.2. The Kier molecular flexibility index (Phi) is 3.50. The quantitative estimate of drug-likeness (QED) is 0.894. The molecule has 1 unspecified atom stereocenters. The SMILES string of the molecule is Cc1noc(C)c1C1CCCN1Cc1cn[nH]c1C(=O)O. The van der Waals surface area contributed by atoms with Crippen LogP contribution in [0.15, 0.2) is 10.7 Å². The third-order valence-corrected chi connectivity index (χ3v) is 4.09. The topological polar surface area (TPSA) is 95.3 Å². The van der Waals surface area contributed by atoms with Gasteiger partial charge in [0, 0.05) is 23.7 Å². The van der Waals surface area contributed by atoms with Crippen LogP contribution >= 0.6 is 0 Å². The molecule has 1 aliphatic heterocycles. The van der Waals surface area contributed by atoms with Gasteiger partial charge in [-0.05, 0) is 33.2 Å². The van der Waals surface area contributed by atoms with Crippen LogP contribution < -0.4 is 0 Å². The summed E-state index contributed by atoms with van der Waals surface area (Å²) >= 11 is 0. The molecule has 3 rings (SSSR count). The smallest absolute Gasteiger partial charge is 0.354 e. The van der Waals surface area contributed by atoms with E-state index in [9.17, 15) is 4.79 Å². The molecule has 0 saturated carbocycles. The molecule has 3 heterocycles. The summed E-state index contributed by atoms with van der Waals surface area (Å²) in [5, 5.41) is 19.6. The van der Waals surface area contributed by atoms with E-state index >= 15 is 0 Å². The molecule has 112 valence electrons. The van der Waals surface area contributed by atoms with Crippen LogP contribution in [0.5, 0.6) is 0 Å². The van der Waals surface area contributed by atoms with Gasteiger partial charge in [0.05, 0.1) is 11.9 Å². The zero-order valence-corrected chi connectivity index (χ0v) is 12.1. The van der Waals surface area contributed by atoms with E-state index in [2.05, 4.69) is 20.3 Å². The van der Waals surface area contributed by atoms with Crippen molar-refractivity contribution in [2.24, 2.45) is 0 Å². The summed E-state index contributed by atoms with van der Waals surface area (Å²) in [6, 6.07) is 0.229. The lowest BCUT2D eigenvalue weighted by Crippen LogP contribution is -2.24. The van der Waals surface area contributed by atoms with Gasteiger partial charge in [0.25, 0.3) is 0 Å². The van der Waals surface area contributed by atoms with Crippen molar-refractivity contribution < 1.29 is 14.4 Å². The predicted molar refractivity (Wildman–Crippen MR) is 73.9 cm³/mol. The van der Waals surface area contributed by atoms with E-state index in [1.54, 1.807) is 6.20 Å². The standard InChI is InChI=1S/C14H18N4O3/c1-8-12(9(2)21-17-8)11-4-3-5-18(11)7-10-6-15-16-13(10)14(19)20/h6,11H,3-5,7H2,1-2H3,(H,15,16)(H,19,20). The van der Waals surface area contributed by atoms with Gasteiger partial charge in [-0.2, -0.15) is 5.10 Å². The average molecular weight is 290 g/mol. The Bertz CT molecular complexity index is 641. The zero-order chi connectivity index (χ0) is 15.0. The lowest BCUT2D eigenvalue weighted by atomic mass is 10.0. The van der Waals surface area contributed by atoms with Crippen molar-refractivity contribution in [3.05, 3.63) is 34.5 Å². The summed E-state index contributed by atoms with van der Waals surface area (Å²) < 4.78 is 5.26. The van der Waals surface area contributed by atoms with Crippen LogP contribution in [-0.4, -0.2) is 37.9 Å². The number of aromatic nitrogens is 3. The van der Waals surface area contributed by atoms with Crippen molar-refractivity contribution in [1.29, 1.82) is 0 Å². The monoisotopic (exact) mass is 290 g/mol. The summed E-state index contributed by atoms with van der Waals surface area (Å²) in [5.74, 6) is -0.134.